The highest BCUT2D eigenvalue weighted by atomic mass is 16.5. The predicted molar refractivity (Wildman–Crippen MR) is 68.7 cm³/mol. The van der Waals surface area contributed by atoms with Crippen molar-refractivity contribution in [2.45, 2.75) is 46.1 Å². The highest BCUT2D eigenvalue weighted by molar-refractivity contribution is 5.80. The number of hydrogen-bond acceptors (Lipinski definition) is 4. The van der Waals surface area contributed by atoms with Gasteiger partial charge in [-0.05, 0) is 38.6 Å². The molecule has 4 heteroatoms. The molecule has 0 amide bonds. The number of piperidine rings is 1. The minimum absolute atomic E-state index is 0.302. The Morgan fingerprint density at radius 2 is 2.18 bits per heavy atom. The van der Waals surface area contributed by atoms with Crippen molar-refractivity contribution in [2.75, 3.05) is 26.2 Å². The summed E-state index contributed by atoms with van der Waals surface area (Å²) in [5.74, 6) is -0.302. The van der Waals surface area contributed by atoms with Crippen LogP contribution in [0.5, 0.6) is 0 Å². The molecule has 1 atom stereocenters. The summed E-state index contributed by atoms with van der Waals surface area (Å²) in [5.41, 5.74) is 5.47. The van der Waals surface area contributed by atoms with Crippen molar-refractivity contribution < 1.29 is 9.53 Å². The number of carbonyl (C=O) groups excluding carboxylic acids is 1. The Morgan fingerprint density at radius 3 is 2.71 bits per heavy atom. The van der Waals surface area contributed by atoms with Crippen LogP contribution < -0.4 is 5.73 Å². The number of ether oxygens (including phenoxy) is 1. The Bertz CT molecular complexity index is 275. The molecule has 4 nitrogen and oxygen atoms in total. The van der Waals surface area contributed by atoms with Crippen LogP contribution in [-0.2, 0) is 9.53 Å². The molecule has 1 aliphatic rings. The molecule has 0 spiro atoms. The highest BCUT2D eigenvalue weighted by Crippen LogP contribution is 2.28. The maximum Gasteiger partial charge on any atom is 0.327 e. The Morgan fingerprint density at radius 1 is 1.53 bits per heavy atom. The molecular weight excluding hydrogens is 216 g/mol. The Hall–Kier alpha value is -0.610. The van der Waals surface area contributed by atoms with E-state index in [1.54, 1.807) is 13.8 Å². The van der Waals surface area contributed by atoms with Gasteiger partial charge in [0.05, 0.1) is 6.61 Å². The van der Waals surface area contributed by atoms with E-state index in [0.717, 1.165) is 13.1 Å². The molecule has 100 valence electrons. The van der Waals surface area contributed by atoms with Gasteiger partial charge in [-0.1, -0.05) is 13.8 Å². The topological polar surface area (TPSA) is 55.6 Å². The number of nitrogens with zero attached hydrogens (tertiary/aromatic N) is 1. The van der Waals surface area contributed by atoms with Gasteiger partial charge in [0.1, 0.15) is 5.54 Å². The van der Waals surface area contributed by atoms with Crippen LogP contribution >= 0.6 is 0 Å². The number of esters is 1. The molecule has 0 aromatic carbocycles. The third-order valence-corrected chi connectivity index (χ3v) is 3.27. The number of likely N-dealkylation sites (tertiary alicyclic amines) is 1. The van der Waals surface area contributed by atoms with Gasteiger partial charge in [0.25, 0.3) is 0 Å². The third-order valence-electron chi connectivity index (χ3n) is 3.27. The summed E-state index contributed by atoms with van der Waals surface area (Å²) in [6.45, 7) is 11.1. The zero-order valence-corrected chi connectivity index (χ0v) is 11.6. The lowest BCUT2D eigenvalue weighted by Gasteiger charge is -2.40. The Labute approximate surface area is 104 Å². The molecule has 1 unspecified atom stereocenters. The molecule has 0 aromatic rings. The second kappa shape index (κ2) is 5.36. The molecule has 0 bridgehead atoms. The summed E-state index contributed by atoms with van der Waals surface area (Å²) in [4.78, 5) is 14.0. The Balaban J connectivity index is 2.55. The Kier molecular flexibility index (Phi) is 4.55. The van der Waals surface area contributed by atoms with Crippen LogP contribution in [0.2, 0.25) is 0 Å². The average Bonchev–Trinajstić information content (AvgIpc) is 2.15. The van der Waals surface area contributed by atoms with Crippen LogP contribution in [0.15, 0.2) is 0 Å². The van der Waals surface area contributed by atoms with E-state index in [-0.39, 0.29) is 5.97 Å². The van der Waals surface area contributed by atoms with Gasteiger partial charge in [-0.15, -0.1) is 0 Å². The molecule has 0 saturated carbocycles. The zero-order chi connectivity index (χ0) is 13.1. The van der Waals surface area contributed by atoms with Gasteiger partial charge in [0.2, 0.25) is 0 Å². The smallest absolute Gasteiger partial charge is 0.327 e. The second-order valence-electron chi connectivity index (χ2n) is 6.12. The van der Waals surface area contributed by atoms with E-state index >= 15 is 0 Å². The molecule has 1 heterocycles. The lowest BCUT2D eigenvalue weighted by Crippen LogP contribution is -2.56. The molecule has 0 radical (unpaired) electrons. The lowest BCUT2D eigenvalue weighted by atomic mass is 9.83. The van der Waals surface area contributed by atoms with Gasteiger partial charge in [-0.3, -0.25) is 4.79 Å². The fourth-order valence-corrected chi connectivity index (χ4v) is 2.50. The highest BCUT2D eigenvalue weighted by Gasteiger charge is 2.35. The van der Waals surface area contributed by atoms with Crippen molar-refractivity contribution in [1.82, 2.24) is 4.90 Å². The lowest BCUT2D eigenvalue weighted by molar-refractivity contribution is -0.150. The van der Waals surface area contributed by atoms with Crippen molar-refractivity contribution >= 4 is 5.97 Å². The summed E-state index contributed by atoms with van der Waals surface area (Å²) in [6.07, 6.45) is 2.41. The van der Waals surface area contributed by atoms with Crippen LogP contribution in [-0.4, -0.2) is 42.6 Å². The van der Waals surface area contributed by atoms with E-state index in [1.807, 2.05) is 0 Å². The fraction of sp³-hybridized carbons (Fsp3) is 0.923. The maximum absolute atomic E-state index is 11.7. The molecule has 1 rings (SSSR count). The number of nitrogens with two attached hydrogens (primary N) is 1. The van der Waals surface area contributed by atoms with Crippen molar-refractivity contribution in [3.63, 3.8) is 0 Å². The quantitative estimate of drug-likeness (QED) is 0.757. The average molecular weight is 242 g/mol. The summed E-state index contributed by atoms with van der Waals surface area (Å²) in [6, 6.07) is 0. The van der Waals surface area contributed by atoms with E-state index < -0.39 is 5.54 Å². The molecule has 1 aliphatic heterocycles. The van der Waals surface area contributed by atoms with Gasteiger partial charge in [0, 0.05) is 13.1 Å². The standard InChI is InChI=1S/C13H26N2O2/c1-5-17-11(16)13(4,14)10-15-8-6-7-12(2,3)9-15/h5-10,14H2,1-4H3. The summed E-state index contributed by atoms with van der Waals surface area (Å²) in [5, 5.41) is 0. The van der Waals surface area contributed by atoms with E-state index in [1.165, 1.54) is 12.8 Å². The second-order valence-corrected chi connectivity index (χ2v) is 6.12. The minimum Gasteiger partial charge on any atom is -0.465 e. The first kappa shape index (κ1) is 14.5. The predicted octanol–water partition coefficient (Wildman–Crippen LogP) is 1.39. The number of hydrogen-bond donors (Lipinski definition) is 1. The van der Waals surface area contributed by atoms with E-state index in [0.29, 0.717) is 18.6 Å². The monoisotopic (exact) mass is 242 g/mol. The number of rotatable bonds is 4. The SMILES string of the molecule is CCOC(=O)C(C)(N)CN1CCCC(C)(C)C1. The molecule has 0 aliphatic carbocycles. The first-order valence-electron chi connectivity index (χ1n) is 6.45. The first-order chi connectivity index (χ1) is 7.77. The van der Waals surface area contributed by atoms with Crippen molar-refractivity contribution in [3.8, 4) is 0 Å². The van der Waals surface area contributed by atoms with Crippen LogP contribution in [0, 0.1) is 5.41 Å². The van der Waals surface area contributed by atoms with Crippen LogP contribution in [0.3, 0.4) is 0 Å². The van der Waals surface area contributed by atoms with Crippen molar-refractivity contribution in [1.29, 1.82) is 0 Å². The van der Waals surface area contributed by atoms with Crippen LogP contribution in [0.1, 0.15) is 40.5 Å². The van der Waals surface area contributed by atoms with E-state index in [2.05, 4.69) is 18.7 Å². The van der Waals surface area contributed by atoms with Gasteiger partial charge in [-0.25, -0.2) is 0 Å². The van der Waals surface area contributed by atoms with Gasteiger partial charge >= 0.3 is 5.97 Å². The van der Waals surface area contributed by atoms with Gasteiger partial charge in [0.15, 0.2) is 0 Å². The molecule has 2 N–H and O–H groups in total. The molecule has 1 fully saturated rings. The summed E-state index contributed by atoms with van der Waals surface area (Å²) >= 11 is 0. The first-order valence-corrected chi connectivity index (χ1v) is 6.45. The van der Waals surface area contributed by atoms with E-state index in [4.69, 9.17) is 10.5 Å². The molecule has 0 aromatic heterocycles. The zero-order valence-electron chi connectivity index (χ0n) is 11.6. The number of carbonyl (C=O) groups is 1. The van der Waals surface area contributed by atoms with Gasteiger partial charge in [-0.2, -0.15) is 0 Å². The summed E-state index contributed by atoms with van der Waals surface area (Å²) < 4.78 is 5.01. The molecule has 1 saturated heterocycles. The van der Waals surface area contributed by atoms with Gasteiger partial charge < -0.3 is 15.4 Å². The third kappa shape index (κ3) is 4.28. The largest absolute Gasteiger partial charge is 0.465 e. The van der Waals surface area contributed by atoms with Crippen LogP contribution in [0.4, 0.5) is 0 Å². The maximum atomic E-state index is 11.7. The van der Waals surface area contributed by atoms with Crippen LogP contribution in [0.25, 0.3) is 0 Å². The minimum atomic E-state index is -0.899. The molecular formula is C13H26N2O2. The summed E-state index contributed by atoms with van der Waals surface area (Å²) in [7, 11) is 0. The normalized spacial score (nSPS) is 24.1. The van der Waals surface area contributed by atoms with Crippen molar-refractivity contribution in [3.05, 3.63) is 0 Å². The van der Waals surface area contributed by atoms with Crippen molar-refractivity contribution in [2.24, 2.45) is 11.1 Å². The van der Waals surface area contributed by atoms with E-state index in [9.17, 15) is 4.79 Å². The fourth-order valence-electron chi connectivity index (χ4n) is 2.50. The molecule has 17 heavy (non-hydrogen) atoms.